The van der Waals surface area contributed by atoms with Crippen molar-refractivity contribution in [2.24, 2.45) is 0 Å². The van der Waals surface area contributed by atoms with Crippen LogP contribution in [-0.4, -0.2) is 24.5 Å². The number of hydrogen-bond donors (Lipinski definition) is 0. The lowest BCUT2D eigenvalue weighted by Crippen LogP contribution is -2.09. The molecule has 0 bridgehead atoms. The van der Waals surface area contributed by atoms with E-state index in [-0.39, 0.29) is 0 Å². The molecule has 0 saturated carbocycles. The fraction of sp³-hybridized carbons (Fsp3) is 0.0286. The van der Waals surface area contributed by atoms with Crippen LogP contribution in [0.2, 0.25) is 0 Å². The molecule has 5 nitrogen and oxygen atoms in total. The third kappa shape index (κ3) is 4.20. The van der Waals surface area contributed by atoms with Gasteiger partial charge in [-0.15, -0.1) is 0 Å². The van der Waals surface area contributed by atoms with Gasteiger partial charge in [0.1, 0.15) is 0 Å². The first-order valence-electron chi connectivity index (χ1n) is 13.5. The average Bonchev–Trinajstić information content (AvgIpc) is 3.44. The first-order chi connectivity index (χ1) is 20.3. The van der Waals surface area contributed by atoms with Crippen LogP contribution in [0.4, 0.5) is 0 Å². The monoisotopic (exact) mass is 545 g/mol. The summed E-state index contributed by atoms with van der Waals surface area (Å²) in [7, 11) is 0. The zero-order valence-corrected chi connectivity index (χ0v) is 22.8. The lowest BCUT2D eigenvalue weighted by atomic mass is 10.0. The van der Waals surface area contributed by atoms with Crippen LogP contribution in [0.25, 0.3) is 62.0 Å². The van der Waals surface area contributed by atoms with Crippen LogP contribution in [0.5, 0.6) is 0 Å². The molecule has 3 heterocycles. The number of para-hydroxylation sites is 3. The Morgan fingerprint density at radius 2 is 1.07 bits per heavy atom. The van der Waals surface area contributed by atoms with Gasteiger partial charge in [0.05, 0.1) is 16.7 Å². The predicted octanol–water partition coefficient (Wildman–Crippen LogP) is 8.48. The quantitative estimate of drug-likeness (QED) is 0.222. The van der Waals surface area contributed by atoms with Crippen molar-refractivity contribution in [3.8, 4) is 51.0 Å². The normalized spacial score (nSPS) is 12.2. The number of thioether (sulfide) groups is 1. The van der Waals surface area contributed by atoms with Crippen LogP contribution in [-0.2, 0) is 5.75 Å². The molecule has 1 aliphatic heterocycles. The third-order valence-electron chi connectivity index (χ3n) is 7.39. The molecule has 0 spiro atoms. The van der Waals surface area contributed by atoms with Gasteiger partial charge in [0.15, 0.2) is 22.6 Å². The Hall–Kier alpha value is -5.07. The summed E-state index contributed by atoms with van der Waals surface area (Å²) in [5.74, 6) is 2.79. The van der Waals surface area contributed by atoms with Gasteiger partial charge in [-0.1, -0.05) is 121 Å². The molecular weight excluding hydrogens is 522 g/mol. The molecule has 41 heavy (non-hydrogen) atoms. The maximum atomic E-state index is 5.08. The van der Waals surface area contributed by atoms with Gasteiger partial charge in [-0.3, -0.25) is 4.57 Å². The van der Waals surface area contributed by atoms with Crippen molar-refractivity contribution < 1.29 is 0 Å². The molecule has 5 aromatic carbocycles. The van der Waals surface area contributed by atoms with Gasteiger partial charge in [-0.2, -0.15) is 0 Å². The molecule has 0 amide bonds. The minimum absolute atomic E-state index is 0.645. The Kier molecular flexibility index (Phi) is 5.71. The Morgan fingerprint density at radius 1 is 0.488 bits per heavy atom. The number of benzene rings is 5. The summed E-state index contributed by atoms with van der Waals surface area (Å²) in [6.45, 7) is 0. The van der Waals surface area contributed by atoms with Gasteiger partial charge in [0.2, 0.25) is 0 Å². The minimum atomic E-state index is 0.645. The predicted molar refractivity (Wildman–Crippen MR) is 166 cm³/mol. The molecule has 0 N–H and O–H groups in total. The Bertz CT molecular complexity index is 2030. The number of nitrogens with zero attached hydrogens (tertiary/aromatic N) is 5. The van der Waals surface area contributed by atoms with Crippen molar-refractivity contribution in [2.45, 2.75) is 10.9 Å². The second kappa shape index (κ2) is 9.84. The highest BCUT2D eigenvalue weighted by Crippen LogP contribution is 2.41. The summed E-state index contributed by atoms with van der Waals surface area (Å²) in [6, 6.07) is 43.6. The number of hydrogen-bond acceptors (Lipinski definition) is 5. The van der Waals surface area contributed by atoms with Gasteiger partial charge in [0, 0.05) is 22.4 Å². The first kappa shape index (κ1) is 23.8. The van der Waals surface area contributed by atoms with Gasteiger partial charge in [-0.25, -0.2) is 19.9 Å². The molecule has 0 radical (unpaired) electrons. The van der Waals surface area contributed by atoms with Crippen LogP contribution >= 0.6 is 11.8 Å². The fourth-order valence-electron chi connectivity index (χ4n) is 5.40. The summed E-state index contributed by atoms with van der Waals surface area (Å²) in [4.78, 5) is 20.0. The summed E-state index contributed by atoms with van der Waals surface area (Å²) in [6.07, 6.45) is 0. The SMILES string of the molecule is c1ccc(-c2ccc(-c3nc(-c4ccccc4)nc(-c4cccc5c4-n4c(nc6ccccc64)SC5)n3)cc2)cc1. The van der Waals surface area contributed by atoms with Crippen molar-refractivity contribution >= 4 is 22.8 Å². The van der Waals surface area contributed by atoms with Crippen molar-refractivity contribution in [3.63, 3.8) is 0 Å². The van der Waals surface area contributed by atoms with Crippen LogP contribution < -0.4 is 0 Å². The number of aromatic nitrogens is 5. The molecule has 6 heteroatoms. The Labute approximate surface area is 241 Å². The second-order valence-electron chi connectivity index (χ2n) is 9.94. The van der Waals surface area contributed by atoms with Crippen molar-refractivity contribution in [2.75, 3.05) is 0 Å². The number of imidazole rings is 1. The van der Waals surface area contributed by atoms with E-state index in [2.05, 4.69) is 89.5 Å². The molecule has 0 unspecified atom stereocenters. The van der Waals surface area contributed by atoms with E-state index in [1.54, 1.807) is 11.8 Å². The molecule has 194 valence electrons. The molecular formula is C35H23N5S. The van der Waals surface area contributed by atoms with E-state index in [1.807, 2.05) is 42.5 Å². The summed E-state index contributed by atoms with van der Waals surface area (Å²) in [5, 5.41) is 0.986. The highest BCUT2D eigenvalue weighted by Gasteiger charge is 2.25. The van der Waals surface area contributed by atoms with E-state index in [0.29, 0.717) is 17.5 Å². The molecule has 1 aliphatic rings. The number of rotatable bonds is 4. The standard InChI is InChI=1S/C35H23N5S/c1-3-10-23(11-4-1)24-18-20-26(21-19-24)33-37-32(25-12-5-2-6-13-25)38-34(39-33)28-15-9-14-27-22-41-35-36-29-16-7-8-17-30(29)40(35)31(27)28/h1-21H,22H2. The smallest absolute Gasteiger partial charge is 0.174 e. The zero-order chi connectivity index (χ0) is 27.2. The van der Waals surface area contributed by atoms with Gasteiger partial charge in [0.25, 0.3) is 0 Å². The van der Waals surface area contributed by atoms with E-state index in [1.165, 1.54) is 11.1 Å². The van der Waals surface area contributed by atoms with E-state index in [0.717, 1.165) is 49.9 Å². The molecule has 8 rings (SSSR count). The summed E-state index contributed by atoms with van der Waals surface area (Å²) in [5.41, 5.74) is 9.58. The van der Waals surface area contributed by atoms with E-state index >= 15 is 0 Å². The van der Waals surface area contributed by atoms with Crippen molar-refractivity contribution in [3.05, 3.63) is 133 Å². The van der Waals surface area contributed by atoms with E-state index in [9.17, 15) is 0 Å². The van der Waals surface area contributed by atoms with Gasteiger partial charge in [-0.05, 0) is 34.9 Å². The van der Waals surface area contributed by atoms with E-state index < -0.39 is 0 Å². The average molecular weight is 546 g/mol. The Morgan fingerprint density at radius 3 is 1.83 bits per heavy atom. The topological polar surface area (TPSA) is 56.5 Å². The van der Waals surface area contributed by atoms with Crippen LogP contribution in [0.1, 0.15) is 5.56 Å². The molecule has 0 aliphatic carbocycles. The van der Waals surface area contributed by atoms with E-state index in [4.69, 9.17) is 19.9 Å². The summed E-state index contributed by atoms with van der Waals surface area (Å²) < 4.78 is 2.26. The molecule has 0 saturated heterocycles. The maximum Gasteiger partial charge on any atom is 0.174 e. The first-order valence-corrected chi connectivity index (χ1v) is 14.5. The van der Waals surface area contributed by atoms with Gasteiger partial charge < -0.3 is 0 Å². The van der Waals surface area contributed by atoms with Crippen molar-refractivity contribution in [1.82, 2.24) is 24.5 Å². The molecule has 0 fully saturated rings. The van der Waals surface area contributed by atoms with Crippen LogP contribution in [0, 0.1) is 0 Å². The third-order valence-corrected chi connectivity index (χ3v) is 8.38. The lowest BCUT2D eigenvalue weighted by molar-refractivity contribution is 0.893. The highest BCUT2D eigenvalue weighted by atomic mass is 32.2. The second-order valence-corrected chi connectivity index (χ2v) is 10.9. The number of fused-ring (bicyclic) bond motifs is 5. The fourth-order valence-corrected chi connectivity index (χ4v) is 6.39. The minimum Gasteiger partial charge on any atom is -0.286 e. The zero-order valence-electron chi connectivity index (χ0n) is 22.0. The molecule has 2 aromatic heterocycles. The molecule has 0 atom stereocenters. The van der Waals surface area contributed by atoms with Gasteiger partial charge >= 0.3 is 0 Å². The highest BCUT2D eigenvalue weighted by molar-refractivity contribution is 7.98. The lowest BCUT2D eigenvalue weighted by Gasteiger charge is -2.22. The molecule has 7 aromatic rings. The largest absolute Gasteiger partial charge is 0.286 e. The van der Waals surface area contributed by atoms with Crippen molar-refractivity contribution in [1.29, 1.82) is 0 Å². The maximum absolute atomic E-state index is 5.08. The Balaban J connectivity index is 1.32. The summed E-state index contributed by atoms with van der Waals surface area (Å²) >= 11 is 1.76. The van der Waals surface area contributed by atoms with Crippen LogP contribution in [0.15, 0.2) is 133 Å². The van der Waals surface area contributed by atoms with Crippen LogP contribution in [0.3, 0.4) is 0 Å².